The molecule has 0 fully saturated rings. The molecule has 0 bridgehead atoms. The van der Waals surface area contributed by atoms with Crippen LogP contribution in [0.15, 0.2) is 52.3 Å². The molecule has 2 aromatic rings. The maximum absolute atomic E-state index is 11.2. The molecule has 5 heteroatoms. The van der Waals surface area contributed by atoms with Crippen LogP contribution in [0.4, 0.5) is 0 Å². The van der Waals surface area contributed by atoms with Crippen molar-refractivity contribution in [1.82, 2.24) is 0 Å². The molecule has 0 atom stereocenters. The van der Waals surface area contributed by atoms with Gasteiger partial charge < -0.3 is 10.2 Å². The standard InChI is InChI=1S/C14H11ClO3S/c15-10-5-6-13(11(7-10)14(17)18)19-12-4-2-1-3-9(12)8-16/h1-7,16H,8H2,(H,17,18). The molecule has 0 amide bonds. The summed E-state index contributed by atoms with van der Waals surface area (Å²) in [6.07, 6.45) is 0. The molecule has 0 aromatic heterocycles. The van der Waals surface area contributed by atoms with Crippen LogP contribution in [0.25, 0.3) is 0 Å². The van der Waals surface area contributed by atoms with Gasteiger partial charge in [0, 0.05) is 14.8 Å². The summed E-state index contributed by atoms with van der Waals surface area (Å²) in [5.41, 5.74) is 0.920. The van der Waals surface area contributed by atoms with Gasteiger partial charge in [-0.2, -0.15) is 0 Å². The molecule has 0 aliphatic heterocycles. The van der Waals surface area contributed by atoms with Gasteiger partial charge in [0.1, 0.15) is 0 Å². The Labute approximate surface area is 119 Å². The Morgan fingerprint density at radius 2 is 1.89 bits per heavy atom. The highest BCUT2D eigenvalue weighted by molar-refractivity contribution is 7.99. The number of rotatable bonds is 4. The molecule has 3 nitrogen and oxygen atoms in total. The van der Waals surface area contributed by atoms with Crippen LogP contribution in [0.1, 0.15) is 15.9 Å². The molecule has 0 heterocycles. The van der Waals surface area contributed by atoms with Crippen molar-refractivity contribution in [2.75, 3.05) is 0 Å². The van der Waals surface area contributed by atoms with Crippen LogP contribution in [-0.2, 0) is 6.61 Å². The van der Waals surface area contributed by atoms with E-state index in [9.17, 15) is 15.0 Å². The van der Waals surface area contributed by atoms with Gasteiger partial charge in [-0.25, -0.2) is 4.79 Å². The number of hydrogen-bond donors (Lipinski definition) is 2. The molecule has 0 aliphatic carbocycles. The molecular formula is C14H11ClO3S. The zero-order valence-electron chi connectivity index (χ0n) is 9.84. The minimum atomic E-state index is -1.02. The van der Waals surface area contributed by atoms with Gasteiger partial charge in [0.25, 0.3) is 0 Å². The molecule has 0 spiro atoms. The van der Waals surface area contributed by atoms with Gasteiger partial charge in [0.05, 0.1) is 12.2 Å². The van der Waals surface area contributed by atoms with Crippen LogP contribution in [0.5, 0.6) is 0 Å². The summed E-state index contributed by atoms with van der Waals surface area (Å²) in [6.45, 7) is -0.0842. The van der Waals surface area contributed by atoms with E-state index in [1.54, 1.807) is 18.2 Å². The summed E-state index contributed by atoms with van der Waals surface area (Å²) in [5.74, 6) is -1.02. The van der Waals surface area contributed by atoms with Crippen molar-refractivity contribution in [3.63, 3.8) is 0 Å². The van der Waals surface area contributed by atoms with E-state index >= 15 is 0 Å². The predicted molar refractivity (Wildman–Crippen MR) is 74.9 cm³/mol. The molecule has 2 aromatic carbocycles. The van der Waals surface area contributed by atoms with Crippen molar-refractivity contribution in [2.24, 2.45) is 0 Å². The van der Waals surface area contributed by atoms with Crippen molar-refractivity contribution < 1.29 is 15.0 Å². The number of halogens is 1. The van der Waals surface area contributed by atoms with Gasteiger partial charge in [0.2, 0.25) is 0 Å². The van der Waals surface area contributed by atoms with E-state index < -0.39 is 5.97 Å². The Morgan fingerprint density at radius 1 is 1.16 bits per heavy atom. The molecule has 0 radical (unpaired) electrons. The summed E-state index contributed by atoms with van der Waals surface area (Å²) in [6, 6.07) is 12.1. The highest BCUT2D eigenvalue weighted by atomic mass is 35.5. The fourth-order valence-corrected chi connectivity index (χ4v) is 2.82. The van der Waals surface area contributed by atoms with Gasteiger partial charge in [-0.1, -0.05) is 41.6 Å². The summed E-state index contributed by atoms with van der Waals surface area (Å²) in [4.78, 5) is 12.6. The topological polar surface area (TPSA) is 57.5 Å². The van der Waals surface area contributed by atoms with Crippen molar-refractivity contribution in [2.45, 2.75) is 16.4 Å². The lowest BCUT2D eigenvalue weighted by atomic mass is 10.2. The molecule has 0 saturated carbocycles. The Bertz CT molecular complexity index is 613. The largest absolute Gasteiger partial charge is 0.478 e. The predicted octanol–water partition coefficient (Wildman–Crippen LogP) is 3.68. The summed E-state index contributed by atoms with van der Waals surface area (Å²) >= 11 is 7.11. The molecule has 0 aliphatic rings. The molecule has 2 N–H and O–H groups in total. The SMILES string of the molecule is O=C(O)c1cc(Cl)ccc1Sc1ccccc1CO. The first-order chi connectivity index (χ1) is 9.11. The quantitative estimate of drug-likeness (QED) is 0.903. The first kappa shape index (κ1) is 13.9. The van der Waals surface area contributed by atoms with E-state index in [0.717, 1.165) is 10.5 Å². The van der Waals surface area contributed by atoms with Crippen LogP contribution in [-0.4, -0.2) is 16.2 Å². The van der Waals surface area contributed by atoms with Gasteiger partial charge >= 0.3 is 5.97 Å². The Hall–Kier alpha value is -1.49. The van der Waals surface area contributed by atoms with Gasteiger partial charge in [0.15, 0.2) is 0 Å². The molecular weight excluding hydrogens is 284 g/mol. The number of aliphatic hydroxyl groups excluding tert-OH is 1. The number of hydrogen-bond acceptors (Lipinski definition) is 3. The van der Waals surface area contributed by atoms with Crippen molar-refractivity contribution in [3.05, 3.63) is 58.6 Å². The van der Waals surface area contributed by atoms with Crippen LogP contribution in [0, 0.1) is 0 Å². The molecule has 98 valence electrons. The second-order valence-corrected chi connectivity index (χ2v) is 5.33. The third-order valence-electron chi connectivity index (χ3n) is 2.53. The maximum Gasteiger partial charge on any atom is 0.336 e. The summed E-state index contributed by atoms with van der Waals surface area (Å²) in [7, 11) is 0. The van der Waals surface area contributed by atoms with Crippen LogP contribution in [0.2, 0.25) is 5.02 Å². The van der Waals surface area contributed by atoms with Crippen molar-refractivity contribution >= 4 is 29.3 Å². The minimum Gasteiger partial charge on any atom is -0.478 e. The van der Waals surface area contributed by atoms with Gasteiger partial charge in [-0.05, 0) is 29.8 Å². The fourth-order valence-electron chi connectivity index (χ4n) is 1.61. The van der Waals surface area contributed by atoms with E-state index in [2.05, 4.69) is 0 Å². The number of aromatic carboxylic acids is 1. The highest BCUT2D eigenvalue weighted by Gasteiger charge is 2.13. The monoisotopic (exact) mass is 294 g/mol. The lowest BCUT2D eigenvalue weighted by Crippen LogP contribution is -1.99. The van der Waals surface area contributed by atoms with Crippen molar-refractivity contribution in [3.8, 4) is 0 Å². The fraction of sp³-hybridized carbons (Fsp3) is 0.0714. The third-order valence-corrected chi connectivity index (χ3v) is 3.96. The first-order valence-electron chi connectivity index (χ1n) is 5.51. The van der Waals surface area contributed by atoms with Crippen LogP contribution in [0.3, 0.4) is 0 Å². The second-order valence-electron chi connectivity index (χ2n) is 3.81. The van der Waals surface area contributed by atoms with Crippen LogP contribution >= 0.6 is 23.4 Å². The van der Waals surface area contributed by atoms with Gasteiger partial charge in [-0.3, -0.25) is 0 Å². The summed E-state index contributed by atoms with van der Waals surface area (Å²) < 4.78 is 0. The Morgan fingerprint density at radius 3 is 2.58 bits per heavy atom. The lowest BCUT2D eigenvalue weighted by molar-refractivity contribution is 0.0693. The maximum atomic E-state index is 11.2. The average Bonchev–Trinajstić information content (AvgIpc) is 2.41. The van der Waals surface area contributed by atoms with E-state index in [1.807, 2.05) is 18.2 Å². The van der Waals surface area contributed by atoms with Gasteiger partial charge in [-0.15, -0.1) is 0 Å². The third kappa shape index (κ3) is 3.29. The number of benzene rings is 2. The normalized spacial score (nSPS) is 10.4. The molecule has 0 saturated heterocycles. The second kappa shape index (κ2) is 6.10. The number of carboxylic acids is 1. The van der Waals surface area contributed by atoms with Crippen molar-refractivity contribution in [1.29, 1.82) is 0 Å². The smallest absolute Gasteiger partial charge is 0.336 e. The number of carboxylic acid groups (broad SMARTS) is 1. The van der Waals surface area contributed by atoms with E-state index in [0.29, 0.717) is 9.92 Å². The highest BCUT2D eigenvalue weighted by Crippen LogP contribution is 2.34. The molecule has 2 rings (SSSR count). The zero-order valence-corrected chi connectivity index (χ0v) is 11.4. The van der Waals surface area contributed by atoms with Crippen LogP contribution < -0.4 is 0 Å². The van der Waals surface area contributed by atoms with E-state index in [1.165, 1.54) is 17.8 Å². The summed E-state index contributed by atoms with van der Waals surface area (Å²) in [5, 5.41) is 18.8. The Balaban J connectivity index is 2.41. The molecule has 19 heavy (non-hydrogen) atoms. The van der Waals surface area contributed by atoms with E-state index in [-0.39, 0.29) is 12.2 Å². The number of carbonyl (C=O) groups is 1. The number of aliphatic hydroxyl groups is 1. The zero-order chi connectivity index (χ0) is 13.8. The van der Waals surface area contributed by atoms with E-state index in [4.69, 9.17) is 11.6 Å². The average molecular weight is 295 g/mol. The molecule has 0 unspecified atom stereocenters. The first-order valence-corrected chi connectivity index (χ1v) is 6.70. The Kier molecular flexibility index (Phi) is 4.47. The minimum absolute atomic E-state index is 0.0842. The lowest BCUT2D eigenvalue weighted by Gasteiger charge is -2.09.